The molecule has 3 aromatic carbocycles. The smallest absolute Gasteiger partial charge is 0.337 e. The highest BCUT2D eigenvalue weighted by atomic mass is 127. The predicted molar refractivity (Wildman–Crippen MR) is 185 cm³/mol. The third kappa shape index (κ3) is 9.65. The number of amides is 2. The number of hydrogen-bond donors (Lipinski definition) is 4. The van der Waals surface area contributed by atoms with Crippen molar-refractivity contribution in [2.45, 2.75) is 39.6 Å². The zero-order valence-electron chi connectivity index (χ0n) is 26.3. The van der Waals surface area contributed by atoms with Crippen LogP contribution in [0.25, 0.3) is 0 Å². The number of hydrogen-bond acceptors (Lipinski definition) is 10. The number of urea groups is 1. The van der Waals surface area contributed by atoms with Crippen molar-refractivity contribution in [1.82, 2.24) is 16.1 Å². The number of methoxy groups -OCH3 is 1. The molecular formula is C33H36ClIN4O8. The highest BCUT2D eigenvalue weighted by Gasteiger charge is 2.32. The summed E-state index contributed by atoms with van der Waals surface area (Å²) in [4.78, 5) is 24.6. The molecule has 250 valence electrons. The number of benzene rings is 3. The highest BCUT2D eigenvalue weighted by molar-refractivity contribution is 14.1. The number of allylic oxidation sites excluding steroid dienone is 1. The maximum atomic E-state index is 12.5. The molecule has 1 heterocycles. The van der Waals surface area contributed by atoms with Crippen LogP contribution in [0.15, 0.2) is 71.0 Å². The lowest BCUT2D eigenvalue weighted by molar-refractivity contribution is -0.136. The second-order valence-electron chi connectivity index (χ2n) is 10.1. The molecule has 1 aliphatic rings. The van der Waals surface area contributed by atoms with Crippen LogP contribution in [-0.4, -0.2) is 56.5 Å². The van der Waals surface area contributed by atoms with Crippen molar-refractivity contribution in [2.24, 2.45) is 5.10 Å². The van der Waals surface area contributed by atoms with E-state index >= 15 is 0 Å². The largest absolute Gasteiger partial charge is 0.490 e. The van der Waals surface area contributed by atoms with Gasteiger partial charge in [-0.1, -0.05) is 29.8 Å². The summed E-state index contributed by atoms with van der Waals surface area (Å²) in [5, 5.41) is 20.3. The number of aliphatic hydroxyl groups excluding tert-OH is 1. The van der Waals surface area contributed by atoms with Gasteiger partial charge < -0.3 is 39.4 Å². The minimum Gasteiger partial charge on any atom is -0.490 e. The number of rotatable bonds is 15. The summed E-state index contributed by atoms with van der Waals surface area (Å²) in [6.07, 6.45) is 0.307. The van der Waals surface area contributed by atoms with E-state index in [1.807, 2.05) is 38.1 Å². The van der Waals surface area contributed by atoms with Gasteiger partial charge in [0, 0.05) is 9.27 Å². The molecule has 0 spiro atoms. The van der Waals surface area contributed by atoms with E-state index in [4.69, 9.17) is 35.3 Å². The molecule has 2 amide bonds. The van der Waals surface area contributed by atoms with Crippen molar-refractivity contribution in [3.8, 4) is 23.0 Å². The first-order chi connectivity index (χ1) is 22.6. The lowest BCUT2D eigenvalue weighted by Gasteiger charge is -2.28. The van der Waals surface area contributed by atoms with Crippen LogP contribution in [-0.2, 0) is 16.1 Å². The molecule has 0 unspecified atom stereocenters. The van der Waals surface area contributed by atoms with E-state index < -0.39 is 24.3 Å². The van der Waals surface area contributed by atoms with Crippen LogP contribution in [0.5, 0.6) is 23.0 Å². The van der Waals surface area contributed by atoms with Crippen LogP contribution < -0.4 is 35.0 Å². The van der Waals surface area contributed by atoms with Gasteiger partial charge in [0.1, 0.15) is 13.2 Å². The molecule has 0 aliphatic carbocycles. The van der Waals surface area contributed by atoms with E-state index in [1.165, 1.54) is 13.3 Å². The molecule has 0 saturated carbocycles. The summed E-state index contributed by atoms with van der Waals surface area (Å²) in [7, 11) is 1.27. The van der Waals surface area contributed by atoms with E-state index in [2.05, 4.69) is 43.8 Å². The minimum atomic E-state index is -1.18. The van der Waals surface area contributed by atoms with Gasteiger partial charge in [0.15, 0.2) is 29.2 Å². The van der Waals surface area contributed by atoms with Gasteiger partial charge in [-0.15, -0.1) is 0 Å². The number of halogens is 2. The van der Waals surface area contributed by atoms with Crippen LogP contribution in [0.1, 0.15) is 43.5 Å². The Morgan fingerprint density at radius 3 is 2.47 bits per heavy atom. The fourth-order valence-corrected chi connectivity index (χ4v) is 5.25. The number of carbonyl (C=O) groups excluding carboxylic acids is 2. The molecule has 0 fully saturated rings. The fourth-order valence-electron chi connectivity index (χ4n) is 4.62. The van der Waals surface area contributed by atoms with E-state index in [-0.39, 0.29) is 12.2 Å². The van der Waals surface area contributed by atoms with Gasteiger partial charge in [-0.3, -0.25) is 5.43 Å². The summed E-state index contributed by atoms with van der Waals surface area (Å²) < 4.78 is 29.4. The van der Waals surface area contributed by atoms with Gasteiger partial charge in [-0.25, -0.2) is 9.59 Å². The second-order valence-corrected chi connectivity index (χ2v) is 11.7. The Hall–Kier alpha value is -4.21. The number of nitrogens with one attached hydrogen (secondary N) is 3. The Morgan fingerprint density at radius 1 is 1.04 bits per heavy atom. The molecule has 12 nitrogen and oxygen atoms in total. The SMILES string of the molecule is CCOc1cc([C@@H]2NC(=O)NC(C)=C2C(=O)OC)ccc1OC[C@@H](O)N/N=C\c1cc(Cl)c(OCc2ccc(I)cc2)c(OCC)c1. The first-order valence-electron chi connectivity index (χ1n) is 14.7. The number of nitrogens with zero attached hydrogens (tertiary/aromatic N) is 1. The molecule has 0 aromatic heterocycles. The Kier molecular flexibility index (Phi) is 13.0. The first-order valence-corrected chi connectivity index (χ1v) is 16.1. The molecule has 47 heavy (non-hydrogen) atoms. The van der Waals surface area contributed by atoms with Crippen LogP contribution >= 0.6 is 34.2 Å². The summed E-state index contributed by atoms with van der Waals surface area (Å²) >= 11 is 8.80. The molecule has 2 atom stereocenters. The molecule has 0 radical (unpaired) electrons. The quantitative estimate of drug-likeness (QED) is 0.0521. The molecule has 0 bridgehead atoms. The van der Waals surface area contributed by atoms with Crippen molar-refractivity contribution in [3.05, 3.63) is 91.2 Å². The van der Waals surface area contributed by atoms with Gasteiger partial charge in [-0.05, 0) is 96.5 Å². The van der Waals surface area contributed by atoms with E-state index in [1.54, 1.807) is 37.3 Å². The number of aliphatic hydroxyl groups is 1. The van der Waals surface area contributed by atoms with Crippen molar-refractivity contribution >= 4 is 52.4 Å². The summed E-state index contributed by atoms with van der Waals surface area (Å²) in [6, 6.07) is 15.2. The van der Waals surface area contributed by atoms with Crippen molar-refractivity contribution in [3.63, 3.8) is 0 Å². The average Bonchev–Trinajstić information content (AvgIpc) is 3.04. The van der Waals surface area contributed by atoms with Crippen LogP contribution in [0.3, 0.4) is 0 Å². The Labute approximate surface area is 291 Å². The zero-order valence-corrected chi connectivity index (χ0v) is 29.2. The molecule has 3 aromatic rings. The summed E-state index contributed by atoms with van der Waals surface area (Å²) in [5.41, 5.74) is 5.46. The molecule has 4 N–H and O–H groups in total. The van der Waals surface area contributed by atoms with Gasteiger partial charge in [0.05, 0.1) is 43.2 Å². The van der Waals surface area contributed by atoms with Gasteiger partial charge in [0.25, 0.3) is 0 Å². The Morgan fingerprint density at radius 2 is 1.77 bits per heavy atom. The van der Waals surface area contributed by atoms with E-state index in [0.29, 0.717) is 64.7 Å². The zero-order chi connectivity index (χ0) is 33.9. The maximum absolute atomic E-state index is 12.5. The van der Waals surface area contributed by atoms with E-state index in [9.17, 15) is 14.7 Å². The van der Waals surface area contributed by atoms with Crippen LogP contribution in [0.2, 0.25) is 5.02 Å². The standard InChI is InChI=1S/C33H36ClIN4O8/c1-5-44-26-15-22(30-29(32(41)43-4)19(3)37-33(42)38-30)9-12-25(26)46-18-28(40)39-36-16-21-13-24(34)31(27(14-21)45-6-2)47-17-20-7-10-23(35)11-8-20/h7-16,28,30,39-40H,5-6,17-18H2,1-4H3,(H2,37,38,42)/b36-16-/t28-,30+/m1/s1. The topological polar surface area (TPSA) is 149 Å². The Bertz CT molecular complexity index is 1630. The molecule has 0 saturated heterocycles. The maximum Gasteiger partial charge on any atom is 0.337 e. The number of carbonyl (C=O) groups is 2. The number of ether oxygens (including phenoxy) is 5. The number of hydrazone groups is 1. The van der Waals surface area contributed by atoms with E-state index in [0.717, 1.165) is 9.13 Å². The summed E-state index contributed by atoms with van der Waals surface area (Å²) in [5.74, 6) is 1.02. The van der Waals surface area contributed by atoms with Gasteiger partial charge in [-0.2, -0.15) is 5.10 Å². The average molecular weight is 779 g/mol. The number of esters is 1. The normalized spacial score (nSPS) is 15.0. The second kappa shape index (κ2) is 17.1. The van der Waals surface area contributed by atoms with Crippen LogP contribution in [0, 0.1) is 3.57 Å². The van der Waals surface area contributed by atoms with Crippen molar-refractivity contribution < 1.29 is 38.4 Å². The monoisotopic (exact) mass is 778 g/mol. The third-order valence-corrected chi connectivity index (χ3v) is 7.74. The summed E-state index contributed by atoms with van der Waals surface area (Å²) in [6.45, 7) is 6.18. The third-order valence-electron chi connectivity index (χ3n) is 6.74. The molecular weight excluding hydrogens is 743 g/mol. The van der Waals surface area contributed by atoms with Gasteiger partial charge >= 0.3 is 12.0 Å². The first kappa shape index (κ1) is 35.6. The lowest BCUT2D eigenvalue weighted by atomic mass is 9.95. The Balaban J connectivity index is 1.40. The highest BCUT2D eigenvalue weighted by Crippen LogP contribution is 2.37. The molecule has 1 aliphatic heterocycles. The molecule has 14 heteroatoms. The predicted octanol–water partition coefficient (Wildman–Crippen LogP) is 5.44. The van der Waals surface area contributed by atoms with Gasteiger partial charge in [0.2, 0.25) is 0 Å². The van der Waals surface area contributed by atoms with Crippen molar-refractivity contribution in [1.29, 1.82) is 0 Å². The minimum absolute atomic E-state index is 0.177. The van der Waals surface area contributed by atoms with Crippen molar-refractivity contribution in [2.75, 3.05) is 26.9 Å². The van der Waals surface area contributed by atoms with Crippen LogP contribution in [0.4, 0.5) is 4.79 Å². The lowest BCUT2D eigenvalue weighted by Crippen LogP contribution is -2.45. The fraction of sp³-hybridized carbons (Fsp3) is 0.303. The molecule has 4 rings (SSSR count).